The molecule has 2 aromatic heterocycles. The number of non-ortho nitro benzene ring substituents is 1. The van der Waals surface area contributed by atoms with Gasteiger partial charge in [0.25, 0.3) is 5.69 Å². The van der Waals surface area contributed by atoms with E-state index >= 15 is 0 Å². The van der Waals surface area contributed by atoms with E-state index in [9.17, 15) is 14.9 Å². The molecule has 134 valence electrons. The minimum absolute atomic E-state index is 0.0348. The number of thioether (sulfide) groups is 1. The molecule has 0 atom stereocenters. The summed E-state index contributed by atoms with van der Waals surface area (Å²) < 4.78 is 1.60. The van der Waals surface area contributed by atoms with E-state index < -0.39 is 4.92 Å². The molecule has 3 rings (SSSR count). The van der Waals surface area contributed by atoms with Crippen molar-refractivity contribution in [3.8, 4) is 0 Å². The zero-order valence-corrected chi connectivity index (χ0v) is 15.6. The topological polar surface area (TPSA) is 102 Å². The Morgan fingerprint density at radius 1 is 1.35 bits per heavy atom. The summed E-state index contributed by atoms with van der Waals surface area (Å²) in [5, 5.41) is 22.7. The van der Waals surface area contributed by atoms with E-state index in [2.05, 4.69) is 15.5 Å². The number of benzene rings is 1. The first-order chi connectivity index (χ1) is 12.3. The van der Waals surface area contributed by atoms with E-state index in [-0.39, 0.29) is 17.3 Å². The molecule has 1 amide bonds. The molecule has 0 aliphatic heterocycles. The molecule has 8 nitrogen and oxygen atoms in total. The number of nitro groups is 1. The standard InChI is InChI=1S/C15H11Cl2N5O3S/c1-8-2-3-10(22(24)25)5-12(8)18-13(23)7-26-15-20-19-14-11(17)4-9(16)6-21(14)15/h2-6H,7H2,1H3,(H,18,23). The number of pyridine rings is 1. The van der Waals surface area contributed by atoms with Gasteiger partial charge in [-0.3, -0.25) is 19.3 Å². The van der Waals surface area contributed by atoms with Gasteiger partial charge in [0.2, 0.25) is 5.91 Å². The number of rotatable bonds is 5. The maximum atomic E-state index is 12.2. The molecule has 0 aliphatic carbocycles. The van der Waals surface area contributed by atoms with Crippen molar-refractivity contribution in [2.24, 2.45) is 0 Å². The highest BCUT2D eigenvalue weighted by Gasteiger charge is 2.14. The molecule has 0 unspecified atom stereocenters. The molecule has 0 spiro atoms. The third kappa shape index (κ3) is 3.90. The van der Waals surface area contributed by atoms with Crippen LogP contribution < -0.4 is 5.32 Å². The molecule has 0 saturated heterocycles. The normalized spacial score (nSPS) is 10.9. The van der Waals surface area contributed by atoms with Crippen molar-refractivity contribution in [3.05, 3.63) is 56.2 Å². The van der Waals surface area contributed by atoms with E-state index in [4.69, 9.17) is 23.2 Å². The highest BCUT2D eigenvalue weighted by Crippen LogP contribution is 2.26. The van der Waals surface area contributed by atoms with Crippen molar-refractivity contribution in [1.29, 1.82) is 0 Å². The molecular weight excluding hydrogens is 401 g/mol. The predicted molar refractivity (Wildman–Crippen MR) is 100 cm³/mol. The Balaban J connectivity index is 1.72. The highest BCUT2D eigenvalue weighted by molar-refractivity contribution is 7.99. The van der Waals surface area contributed by atoms with Crippen LogP contribution in [0.2, 0.25) is 10.0 Å². The highest BCUT2D eigenvalue weighted by atomic mass is 35.5. The predicted octanol–water partition coefficient (Wildman–Crippen LogP) is 3.98. The number of carbonyl (C=O) groups is 1. The van der Waals surface area contributed by atoms with Gasteiger partial charge in [-0.05, 0) is 18.6 Å². The monoisotopic (exact) mass is 411 g/mol. The molecule has 0 saturated carbocycles. The maximum Gasteiger partial charge on any atom is 0.271 e. The minimum atomic E-state index is -0.514. The summed E-state index contributed by atoms with van der Waals surface area (Å²) in [5.41, 5.74) is 1.46. The van der Waals surface area contributed by atoms with Crippen molar-refractivity contribution in [3.63, 3.8) is 0 Å². The van der Waals surface area contributed by atoms with Gasteiger partial charge in [-0.2, -0.15) is 0 Å². The van der Waals surface area contributed by atoms with E-state index in [1.165, 1.54) is 12.1 Å². The van der Waals surface area contributed by atoms with E-state index in [1.807, 2.05) is 0 Å². The van der Waals surface area contributed by atoms with Crippen molar-refractivity contribution in [2.75, 3.05) is 11.1 Å². The number of anilines is 1. The summed E-state index contributed by atoms with van der Waals surface area (Å²) in [6.45, 7) is 1.75. The summed E-state index contributed by atoms with van der Waals surface area (Å²) in [6, 6.07) is 5.84. The number of halogens is 2. The van der Waals surface area contributed by atoms with Gasteiger partial charge in [0, 0.05) is 18.3 Å². The van der Waals surface area contributed by atoms with Crippen LogP contribution in [0, 0.1) is 17.0 Å². The van der Waals surface area contributed by atoms with Gasteiger partial charge < -0.3 is 5.32 Å². The molecule has 0 aliphatic rings. The van der Waals surface area contributed by atoms with Crippen LogP contribution in [-0.2, 0) is 4.79 Å². The number of amides is 1. The van der Waals surface area contributed by atoms with Crippen molar-refractivity contribution in [2.45, 2.75) is 12.1 Å². The largest absolute Gasteiger partial charge is 0.325 e. The lowest BCUT2D eigenvalue weighted by molar-refractivity contribution is -0.384. The molecule has 3 aromatic rings. The van der Waals surface area contributed by atoms with Crippen LogP contribution in [-0.4, -0.2) is 31.2 Å². The Bertz CT molecular complexity index is 1020. The summed E-state index contributed by atoms with van der Waals surface area (Å²) >= 11 is 13.2. The second-order valence-electron chi connectivity index (χ2n) is 5.28. The first kappa shape index (κ1) is 18.4. The summed E-state index contributed by atoms with van der Waals surface area (Å²) in [5.74, 6) is -0.295. The Morgan fingerprint density at radius 2 is 2.12 bits per heavy atom. The minimum Gasteiger partial charge on any atom is -0.325 e. The number of nitrogens with one attached hydrogen (secondary N) is 1. The lowest BCUT2D eigenvalue weighted by atomic mass is 10.2. The SMILES string of the molecule is Cc1ccc([N+](=O)[O-])cc1NC(=O)CSc1nnc2c(Cl)cc(Cl)cn12. The van der Waals surface area contributed by atoms with Crippen LogP contribution in [0.3, 0.4) is 0 Å². The molecule has 0 radical (unpaired) electrons. The number of nitro benzene ring substituents is 1. The smallest absolute Gasteiger partial charge is 0.271 e. The number of hydrogen-bond donors (Lipinski definition) is 1. The second-order valence-corrected chi connectivity index (χ2v) is 7.06. The first-order valence-electron chi connectivity index (χ1n) is 7.22. The number of hydrogen-bond acceptors (Lipinski definition) is 6. The molecule has 1 aromatic carbocycles. The Kier molecular flexibility index (Phi) is 5.30. The fourth-order valence-electron chi connectivity index (χ4n) is 2.18. The fraction of sp³-hybridized carbons (Fsp3) is 0.133. The van der Waals surface area contributed by atoms with Gasteiger partial charge in [0.15, 0.2) is 10.8 Å². The molecule has 1 N–H and O–H groups in total. The van der Waals surface area contributed by atoms with E-state index in [1.54, 1.807) is 29.7 Å². The number of nitrogens with zero attached hydrogens (tertiary/aromatic N) is 4. The molecule has 0 fully saturated rings. The van der Waals surface area contributed by atoms with Crippen LogP contribution in [0.25, 0.3) is 5.65 Å². The van der Waals surface area contributed by atoms with Gasteiger partial charge in [-0.1, -0.05) is 41.0 Å². The average molecular weight is 412 g/mol. The van der Waals surface area contributed by atoms with Crippen LogP contribution in [0.4, 0.5) is 11.4 Å². The van der Waals surface area contributed by atoms with Crippen molar-refractivity contribution < 1.29 is 9.72 Å². The summed E-state index contributed by atoms with van der Waals surface area (Å²) in [7, 11) is 0. The van der Waals surface area contributed by atoms with Crippen LogP contribution in [0.15, 0.2) is 35.6 Å². The number of aromatic nitrogens is 3. The van der Waals surface area contributed by atoms with Crippen molar-refractivity contribution >= 4 is 57.9 Å². The number of carbonyl (C=O) groups excluding carboxylic acids is 1. The number of fused-ring (bicyclic) bond motifs is 1. The van der Waals surface area contributed by atoms with Gasteiger partial charge >= 0.3 is 0 Å². The fourth-order valence-corrected chi connectivity index (χ4v) is 3.39. The molecule has 0 bridgehead atoms. The van der Waals surface area contributed by atoms with Crippen LogP contribution in [0.1, 0.15) is 5.56 Å². The van der Waals surface area contributed by atoms with Crippen LogP contribution in [0.5, 0.6) is 0 Å². The Morgan fingerprint density at radius 3 is 2.85 bits per heavy atom. The zero-order chi connectivity index (χ0) is 18.8. The maximum absolute atomic E-state index is 12.2. The lowest BCUT2D eigenvalue weighted by Crippen LogP contribution is -2.15. The Hall–Kier alpha value is -2.36. The van der Waals surface area contributed by atoms with Crippen LogP contribution >= 0.6 is 35.0 Å². The number of aryl methyl sites for hydroxylation is 1. The Labute approximate surface area is 161 Å². The van der Waals surface area contributed by atoms with E-state index in [0.29, 0.717) is 26.5 Å². The molecule has 26 heavy (non-hydrogen) atoms. The lowest BCUT2D eigenvalue weighted by Gasteiger charge is -2.08. The quantitative estimate of drug-likeness (QED) is 0.386. The first-order valence-corrected chi connectivity index (χ1v) is 8.97. The van der Waals surface area contributed by atoms with Gasteiger partial charge in [0.05, 0.1) is 26.4 Å². The van der Waals surface area contributed by atoms with Gasteiger partial charge in [-0.15, -0.1) is 10.2 Å². The molecule has 11 heteroatoms. The third-order valence-corrected chi connectivity index (χ3v) is 4.86. The molecular formula is C15H11Cl2N5O3S. The summed E-state index contributed by atoms with van der Waals surface area (Å²) in [6.07, 6.45) is 1.60. The summed E-state index contributed by atoms with van der Waals surface area (Å²) in [4.78, 5) is 22.5. The molecule has 2 heterocycles. The van der Waals surface area contributed by atoms with Crippen molar-refractivity contribution in [1.82, 2.24) is 14.6 Å². The zero-order valence-electron chi connectivity index (χ0n) is 13.3. The van der Waals surface area contributed by atoms with Gasteiger partial charge in [-0.25, -0.2) is 0 Å². The van der Waals surface area contributed by atoms with Gasteiger partial charge in [0.1, 0.15) is 0 Å². The average Bonchev–Trinajstić information content (AvgIpc) is 2.98. The third-order valence-electron chi connectivity index (χ3n) is 3.43. The van der Waals surface area contributed by atoms with E-state index in [0.717, 1.165) is 17.3 Å². The second kappa shape index (κ2) is 7.48.